The van der Waals surface area contributed by atoms with Gasteiger partial charge in [-0.2, -0.15) is 0 Å². The first-order valence-corrected chi connectivity index (χ1v) is 41.0. The summed E-state index contributed by atoms with van der Waals surface area (Å²) in [4.78, 5) is 47.0. The zero-order valence-electron chi connectivity index (χ0n) is 57.9. The number of aryl methyl sites for hydroxylation is 4. The van der Waals surface area contributed by atoms with Gasteiger partial charge in [0, 0.05) is 42.4 Å². The molecular formula is C80H128N2O2S4. The maximum absolute atomic E-state index is 16.2. The molecule has 6 rings (SSSR count). The average molecular weight is 1280 g/mol. The summed E-state index contributed by atoms with van der Waals surface area (Å²) in [6.07, 6.45) is 59.1. The predicted molar refractivity (Wildman–Crippen MR) is 394 cm³/mol. The maximum atomic E-state index is 16.2. The molecule has 0 saturated carbocycles. The van der Waals surface area contributed by atoms with Crippen molar-refractivity contribution in [2.45, 2.75) is 351 Å². The summed E-state index contributed by atoms with van der Waals surface area (Å²) in [6, 6.07) is 14.2. The van der Waals surface area contributed by atoms with Crippen molar-refractivity contribution in [1.82, 2.24) is 9.80 Å². The Morgan fingerprint density at radius 3 is 0.852 bits per heavy atom. The Balaban J connectivity index is 1.36. The summed E-state index contributed by atoms with van der Waals surface area (Å²) in [5, 5.41) is 0. The molecule has 8 heteroatoms. The van der Waals surface area contributed by atoms with Gasteiger partial charge in [0.1, 0.15) is 0 Å². The monoisotopic (exact) mass is 1280 g/mol. The van der Waals surface area contributed by atoms with Crippen molar-refractivity contribution in [1.29, 1.82) is 0 Å². The molecule has 494 valence electrons. The van der Waals surface area contributed by atoms with Crippen LogP contribution in [-0.2, 0) is 22.4 Å². The van der Waals surface area contributed by atoms with Crippen molar-refractivity contribution >= 4 is 68.6 Å². The largest absolute Gasteiger partial charge is 0.306 e. The Labute approximate surface area is 557 Å². The highest BCUT2D eigenvalue weighted by molar-refractivity contribution is 7.23. The minimum absolute atomic E-state index is 0.0640. The Morgan fingerprint density at radius 2 is 0.557 bits per heavy atom. The predicted octanol–water partition coefficient (Wildman–Crippen LogP) is 27.3. The maximum Gasteiger partial charge on any atom is 0.261 e. The molecule has 0 radical (unpaired) electrons. The van der Waals surface area contributed by atoms with Crippen LogP contribution >= 0.6 is 45.3 Å². The van der Waals surface area contributed by atoms with Gasteiger partial charge in [0.05, 0.1) is 32.3 Å². The molecule has 0 bridgehead atoms. The van der Waals surface area contributed by atoms with E-state index in [2.05, 4.69) is 102 Å². The third kappa shape index (κ3) is 24.6. The second-order valence-electron chi connectivity index (χ2n) is 27.4. The SMILES string of the molecule is CCCCCCCCCCCCc1cc(-c2ccc(C3=C4C(=O)N(CC(CCCCCC)CCCCCCCC)C(c5ccc(-c6cc(CCCCCCCCCCCC)c(C)s6)s5)=C4C(=O)N3CC(CCCCCC)CCCCCCCC)s2)sc1C. The highest BCUT2D eigenvalue weighted by atomic mass is 32.1. The molecule has 0 aliphatic carbocycles. The fourth-order valence-electron chi connectivity index (χ4n) is 14.2. The van der Waals surface area contributed by atoms with E-state index in [1.807, 2.05) is 45.3 Å². The zero-order valence-corrected chi connectivity index (χ0v) is 61.2. The van der Waals surface area contributed by atoms with E-state index in [4.69, 9.17) is 0 Å². The second-order valence-corrected chi connectivity index (χ2v) is 32.1. The lowest BCUT2D eigenvalue weighted by molar-refractivity contribution is -0.124. The molecule has 0 saturated heterocycles. The van der Waals surface area contributed by atoms with Gasteiger partial charge in [-0.15, -0.1) is 45.3 Å². The summed E-state index contributed by atoms with van der Waals surface area (Å²) < 4.78 is 0. The Hall–Kier alpha value is -2.78. The molecule has 2 unspecified atom stereocenters. The van der Waals surface area contributed by atoms with Crippen molar-refractivity contribution in [2.24, 2.45) is 11.8 Å². The number of rotatable bonds is 54. The number of unbranched alkanes of at least 4 members (excludes halogenated alkanes) is 34. The van der Waals surface area contributed by atoms with Crippen molar-refractivity contribution in [3.8, 4) is 19.5 Å². The first-order chi connectivity index (χ1) is 43.2. The smallest absolute Gasteiger partial charge is 0.261 e. The van der Waals surface area contributed by atoms with Gasteiger partial charge in [0.25, 0.3) is 11.8 Å². The minimum atomic E-state index is 0.0640. The van der Waals surface area contributed by atoms with Gasteiger partial charge in [-0.05, 0) is 125 Å². The number of thiophene rings is 4. The fourth-order valence-corrected chi connectivity index (χ4v) is 18.6. The Kier molecular flexibility index (Phi) is 37.1. The van der Waals surface area contributed by atoms with Gasteiger partial charge in [0.2, 0.25) is 0 Å². The number of hydrogen-bond acceptors (Lipinski definition) is 6. The zero-order chi connectivity index (χ0) is 62.6. The van der Waals surface area contributed by atoms with Crippen molar-refractivity contribution in [3.63, 3.8) is 0 Å². The van der Waals surface area contributed by atoms with Crippen LogP contribution in [0.15, 0.2) is 47.5 Å². The van der Waals surface area contributed by atoms with Crippen LogP contribution in [0.1, 0.15) is 355 Å². The van der Waals surface area contributed by atoms with Gasteiger partial charge in [-0.3, -0.25) is 9.59 Å². The molecule has 2 aliphatic rings. The second kappa shape index (κ2) is 43.9. The Morgan fingerprint density at radius 1 is 0.307 bits per heavy atom. The standard InChI is InChI=1S/C80H128N2O2S4/c1-9-15-21-27-31-33-35-37-41-47-53-67-59-73(85-63(67)7)69-55-57-71(87-69)77-75-76(80(84)81(77)61-65(49-43-25-19-13-5)51-45-39-29-23-17-11-3)78(82(79(75)83)62-66(50-44-26-20-14-6)52-46-40-30-24-18-12-4)72-58-56-70(88-72)74-60-68(64(8)86-74)54-48-42-38-36-34-32-28-22-16-10-2/h55-60,65-66H,9-54,61-62H2,1-8H3. The number of fused-ring (bicyclic) bond motifs is 1. The van der Waals surface area contributed by atoms with E-state index in [0.29, 0.717) is 36.1 Å². The van der Waals surface area contributed by atoms with Crippen LogP contribution < -0.4 is 0 Å². The first-order valence-electron chi connectivity index (χ1n) is 37.7. The summed E-state index contributed by atoms with van der Waals surface area (Å²) in [6.45, 7) is 19.9. The highest BCUT2D eigenvalue weighted by Gasteiger charge is 2.50. The van der Waals surface area contributed by atoms with Gasteiger partial charge in [-0.25, -0.2) is 0 Å². The van der Waals surface area contributed by atoms with E-state index in [-0.39, 0.29) is 11.8 Å². The number of carbonyl (C=O) groups is 2. The third-order valence-electron chi connectivity index (χ3n) is 19.7. The lowest BCUT2D eigenvalue weighted by atomic mass is 9.93. The molecule has 2 amide bonds. The van der Waals surface area contributed by atoms with Crippen molar-refractivity contribution < 1.29 is 9.59 Å². The molecule has 0 fully saturated rings. The minimum Gasteiger partial charge on any atom is -0.306 e. The summed E-state index contributed by atoms with van der Waals surface area (Å²) in [5.41, 5.74) is 6.17. The van der Waals surface area contributed by atoms with Gasteiger partial charge in [-0.1, -0.05) is 286 Å². The van der Waals surface area contributed by atoms with E-state index < -0.39 is 0 Å². The quantitative estimate of drug-likeness (QED) is 0.0413. The van der Waals surface area contributed by atoms with Crippen LogP contribution in [-0.4, -0.2) is 34.7 Å². The van der Waals surface area contributed by atoms with E-state index >= 15 is 9.59 Å². The van der Waals surface area contributed by atoms with E-state index in [1.54, 1.807) is 0 Å². The molecule has 0 aromatic carbocycles. The van der Waals surface area contributed by atoms with Crippen LogP contribution in [0, 0.1) is 25.7 Å². The van der Waals surface area contributed by atoms with E-state index in [0.717, 1.165) is 59.7 Å². The molecule has 4 nitrogen and oxygen atoms in total. The van der Waals surface area contributed by atoms with Crippen LogP contribution in [0.25, 0.3) is 30.9 Å². The average Bonchev–Trinajstić information content (AvgIpc) is 1.58. The van der Waals surface area contributed by atoms with Crippen LogP contribution in [0.3, 0.4) is 0 Å². The Bertz CT molecular complexity index is 2430. The molecule has 88 heavy (non-hydrogen) atoms. The topological polar surface area (TPSA) is 40.6 Å². The summed E-state index contributed by atoms with van der Waals surface area (Å²) in [5.74, 6) is 0.904. The van der Waals surface area contributed by atoms with Crippen molar-refractivity contribution in [2.75, 3.05) is 13.1 Å². The molecule has 6 heterocycles. The normalized spacial score (nSPS) is 14.3. The highest BCUT2D eigenvalue weighted by Crippen LogP contribution is 2.52. The van der Waals surface area contributed by atoms with Crippen molar-refractivity contribution in [3.05, 3.63) is 78.2 Å². The number of amides is 2. The lowest BCUT2D eigenvalue weighted by Crippen LogP contribution is -2.34. The van der Waals surface area contributed by atoms with Crippen LogP contribution in [0.2, 0.25) is 0 Å². The van der Waals surface area contributed by atoms with E-state index in [1.165, 1.54) is 297 Å². The van der Waals surface area contributed by atoms with Crippen LogP contribution in [0.5, 0.6) is 0 Å². The van der Waals surface area contributed by atoms with Crippen LogP contribution in [0.4, 0.5) is 0 Å². The molecule has 4 aromatic heterocycles. The summed E-state index contributed by atoms with van der Waals surface area (Å²) >= 11 is 7.51. The third-order valence-corrected chi connectivity index (χ3v) is 24.5. The number of nitrogens with zero attached hydrogens (tertiary/aromatic N) is 2. The van der Waals surface area contributed by atoms with Gasteiger partial charge in [0.15, 0.2) is 0 Å². The molecule has 2 atom stereocenters. The summed E-state index contributed by atoms with van der Waals surface area (Å²) in [7, 11) is 0. The first kappa shape index (κ1) is 74.3. The molecule has 0 N–H and O–H groups in total. The van der Waals surface area contributed by atoms with Gasteiger partial charge < -0.3 is 9.80 Å². The van der Waals surface area contributed by atoms with E-state index in [9.17, 15) is 0 Å². The lowest BCUT2D eigenvalue weighted by Gasteiger charge is -2.29. The molecular weight excluding hydrogens is 1150 g/mol. The van der Waals surface area contributed by atoms with Gasteiger partial charge >= 0.3 is 0 Å². The number of hydrogen-bond donors (Lipinski definition) is 0. The molecule has 2 aliphatic heterocycles. The fraction of sp³-hybridized carbons (Fsp3) is 0.725. The molecule has 4 aromatic rings. The number of carbonyl (C=O) groups excluding carboxylic acids is 2. The molecule has 0 spiro atoms.